The molecule has 100 valence electrons. The van der Waals surface area contributed by atoms with Gasteiger partial charge in [0.05, 0.1) is 12.1 Å². The molecule has 0 aliphatic heterocycles. The van der Waals surface area contributed by atoms with Gasteiger partial charge < -0.3 is 10.6 Å². The van der Waals surface area contributed by atoms with Gasteiger partial charge in [0.1, 0.15) is 0 Å². The Morgan fingerprint density at radius 3 is 2.83 bits per heavy atom. The fourth-order valence-electron chi connectivity index (χ4n) is 2.28. The van der Waals surface area contributed by atoms with Crippen LogP contribution in [0.2, 0.25) is 0 Å². The lowest BCUT2D eigenvalue weighted by molar-refractivity contribution is -0.137. The summed E-state index contributed by atoms with van der Waals surface area (Å²) in [6.45, 7) is 4.65. The van der Waals surface area contributed by atoms with Crippen LogP contribution in [0.15, 0.2) is 17.5 Å². The molecule has 1 aliphatic carbocycles. The lowest BCUT2D eigenvalue weighted by Gasteiger charge is -2.31. The molecule has 0 spiro atoms. The number of thiophene rings is 1. The monoisotopic (exact) mass is 266 g/mol. The number of hydrogen-bond donors (Lipinski definition) is 1. The number of carbonyl (C=O) groups is 1. The molecule has 0 aromatic carbocycles. The van der Waals surface area contributed by atoms with Crippen LogP contribution in [0.5, 0.6) is 0 Å². The predicted octanol–water partition coefficient (Wildman–Crippen LogP) is 2.76. The van der Waals surface area contributed by atoms with Crippen molar-refractivity contribution in [2.45, 2.75) is 57.7 Å². The van der Waals surface area contributed by atoms with Crippen molar-refractivity contribution in [3.05, 3.63) is 22.4 Å². The van der Waals surface area contributed by atoms with Crippen LogP contribution in [-0.2, 0) is 11.3 Å². The summed E-state index contributed by atoms with van der Waals surface area (Å²) >= 11 is 1.70. The normalized spacial score (nSPS) is 18.4. The van der Waals surface area contributed by atoms with Crippen LogP contribution in [0.25, 0.3) is 0 Å². The standard InChI is InChI=1S/C14H22N2OS/c1-3-8-14(2,15)13(17)16(11-6-7-11)10-12-5-4-9-18-12/h4-5,9,11H,3,6-8,10,15H2,1-2H3. The molecule has 2 rings (SSSR count). The van der Waals surface area contributed by atoms with E-state index in [0.717, 1.165) is 32.2 Å². The fraction of sp³-hybridized carbons (Fsp3) is 0.643. The Labute approximate surface area is 113 Å². The number of amides is 1. The second-order valence-electron chi connectivity index (χ2n) is 5.41. The second kappa shape index (κ2) is 5.41. The van der Waals surface area contributed by atoms with Crippen LogP contribution in [0.4, 0.5) is 0 Å². The Morgan fingerprint density at radius 1 is 1.61 bits per heavy atom. The Hall–Kier alpha value is -0.870. The van der Waals surface area contributed by atoms with E-state index in [1.54, 1.807) is 11.3 Å². The number of rotatable bonds is 6. The number of nitrogens with two attached hydrogens (primary N) is 1. The van der Waals surface area contributed by atoms with Crippen molar-refractivity contribution >= 4 is 17.2 Å². The van der Waals surface area contributed by atoms with Crippen LogP contribution in [0.1, 0.15) is 44.4 Å². The SMILES string of the molecule is CCCC(C)(N)C(=O)N(Cc1cccs1)C1CC1. The highest BCUT2D eigenvalue weighted by Gasteiger charge is 2.39. The first-order valence-corrected chi connectivity index (χ1v) is 7.55. The molecule has 2 N–H and O–H groups in total. The molecule has 3 nitrogen and oxygen atoms in total. The van der Waals surface area contributed by atoms with Crippen molar-refractivity contribution in [3.8, 4) is 0 Å². The van der Waals surface area contributed by atoms with Crippen LogP contribution in [0.3, 0.4) is 0 Å². The van der Waals surface area contributed by atoms with Crippen LogP contribution in [-0.4, -0.2) is 22.4 Å². The lowest BCUT2D eigenvalue weighted by atomic mass is 9.95. The zero-order valence-electron chi connectivity index (χ0n) is 11.2. The average Bonchev–Trinajstić information content (AvgIpc) is 3.03. The van der Waals surface area contributed by atoms with Crippen LogP contribution in [0, 0.1) is 0 Å². The van der Waals surface area contributed by atoms with E-state index < -0.39 is 5.54 Å². The van der Waals surface area contributed by atoms with E-state index in [1.165, 1.54) is 4.88 Å². The summed E-state index contributed by atoms with van der Waals surface area (Å²) in [6.07, 6.45) is 3.94. The van der Waals surface area contributed by atoms with Crippen molar-refractivity contribution in [2.75, 3.05) is 0 Å². The molecule has 1 aliphatic rings. The van der Waals surface area contributed by atoms with Gasteiger partial charge in [-0.1, -0.05) is 19.4 Å². The molecule has 1 unspecified atom stereocenters. The lowest BCUT2D eigenvalue weighted by Crippen LogP contribution is -2.53. The molecular weight excluding hydrogens is 244 g/mol. The molecule has 4 heteroatoms. The topological polar surface area (TPSA) is 46.3 Å². The molecule has 1 atom stereocenters. The summed E-state index contributed by atoms with van der Waals surface area (Å²) in [5.74, 6) is 0.111. The molecule has 0 radical (unpaired) electrons. The van der Waals surface area contributed by atoms with Crippen LogP contribution >= 0.6 is 11.3 Å². The van der Waals surface area contributed by atoms with E-state index in [0.29, 0.717) is 6.04 Å². The summed E-state index contributed by atoms with van der Waals surface area (Å²) in [7, 11) is 0. The maximum Gasteiger partial charge on any atom is 0.242 e. The molecule has 1 aromatic heterocycles. The third kappa shape index (κ3) is 3.12. The highest BCUT2D eigenvalue weighted by molar-refractivity contribution is 7.09. The Balaban J connectivity index is 2.07. The van der Waals surface area contributed by atoms with Gasteiger partial charge >= 0.3 is 0 Å². The first-order valence-electron chi connectivity index (χ1n) is 6.67. The number of hydrogen-bond acceptors (Lipinski definition) is 3. The zero-order chi connectivity index (χ0) is 13.2. The van der Waals surface area contributed by atoms with Gasteiger partial charge in [0.15, 0.2) is 0 Å². The van der Waals surface area contributed by atoms with Crippen molar-refractivity contribution < 1.29 is 4.79 Å². The van der Waals surface area contributed by atoms with Gasteiger partial charge in [-0.05, 0) is 37.6 Å². The summed E-state index contributed by atoms with van der Waals surface area (Å²) in [6, 6.07) is 4.53. The number of carbonyl (C=O) groups excluding carboxylic acids is 1. The Kier molecular flexibility index (Phi) is 4.07. The molecule has 0 saturated heterocycles. The summed E-state index contributed by atoms with van der Waals surface area (Å²) in [5, 5.41) is 2.05. The molecule has 1 amide bonds. The first kappa shape index (κ1) is 13.6. The Morgan fingerprint density at radius 2 is 2.33 bits per heavy atom. The quantitative estimate of drug-likeness (QED) is 0.860. The molecule has 1 fully saturated rings. The van der Waals surface area contributed by atoms with E-state index in [-0.39, 0.29) is 5.91 Å². The Bertz CT molecular complexity index is 396. The average molecular weight is 266 g/mol. The van der Waals surface area contributed by atoms with Gasteiger partial charge in [0.2, 0.25) is 5.91 Å². The maximum atomic E-state index is 12.6. The molecular formula is C14H22N2OS. The minimum Gasteiger partial charge on any atom is -0.333 e. The predicted molar refractivity (Wildman–Crippen MR) is 75.4 cm³/mol. The summed E-state index contributed by atoms with van der Waals surface area (Å²) in [5.41, 5.74) is 5.46. The minimum absolute atomic E-state index is 0.111. The van der Waals surface area contributed by atoms with E-state index >= 15 is 0 Å². The van der Waals surface area contributed by atoms with Gasteiger partial charge in [0, 0.05) is 10.9 Å². The highest BCUT2D eigenvalue weighted by Crippen LogP contribution is 2.31. The fourth-order valence-corrected chi connectivity index (χ4v) is 2.98. The van der Waals surface area contributed by atoms with Crippen molar-refractivity contribution in [1.82, 2.24) is 4.90 Å². The van der Waals surface area contributed by atoms with E-state index in [9.17, 15) is 4.79 Å². The molecule has 18 heavy (non-hydrogen) atoms. The largest absolute Gasteiger partial charge is 0.333 e. The molecule has 1 heterocycles. The molecule has 0 bridgehead atoms. The van der Waals surface area contributed by atoms with Gasteiger partial charge in [0.25, 0.3) is 0 Å². The third-order valence-corrected chi connectivity index (χ3v) is 4.27. The third-order valence-electron chi connectivity index (χ3n) is 3.41. The summed E-state index contributed by atoms with van der Waals surface area (Å²) in [4.78, 5) is 15.8. The minimum atomic E-state index is -0.714. The van der Waals surface area contributed by atoms with Crippen molar-refractivity contribution in [3.63, 3.8) is 0 Å². The number of nitrogens with zero attached hydrogens (tertiary/aromatic N) is 1. The van der Waals surface area contributed by atoms with Gasteiger partial charge in [-0.15, -0.1) is 11.3 Å². The van der Waals surface area contributed by atoms with Crippen LogP contribution < -0.4 is 5.73 Å². The molecule has 1 saturated carbocycles. The van der Waals surface area contributed by atoms with Gasteiger partial charge in [-0.25, -0.2) is 0 Å². The smallest absolute Gasteiger partial charge is 0.242 e. The van der Waals surface area contributed by atoms with E-state index in [2.05, 4.69) is 18.4 Å². The van der Waals surface area contributed by atoms with Gasteiger partial charge in [-0.2, -0.15) is 0 Å². The second-order valence-corrected chi connectivity index (χ2v) is 6.44. The van der Waals surface area contributed by atoms with E-state index in [1.807, 2.05) is 17.9 Å². The molecule has 1 aromatic rings. The highest BCUT2D eigenvalue weighted by atomic mass is 32.1. The van der Waals surface area contributed by atoms with E-state index in [4.69, 9.17) is 5.73 Å². The van der Waals surface area contributed by atoms with Gasteiger partial charge in [-0.3, -0.25) is 4.79 Å². The van der Waals surface area contributed by atoms with Crippen molar-refractivity contribution in [1.29, 1.82) is 0 Å². The maximum absolute atomic E-state index is 12.6. The first-order chi connectivity index (χ1) is 8.54. The zero-order valence-corrected chi connectivity index (χ0v) is 12.0. The summed E-state index contributed by atoms with van der Waals surface area (Å²) < 4.78 is 0. The van der Waals surface area contributed by atoms with Crippen molar-refractivity contribution in [2.24, 2.45) is 5.73 Å².